The predicted molar refractivity (Wildman–Crippen MR) is 68.1 cm³/mol. The molecule has 1 rings (SSSR count). The Hall–Kier alpha value is -1.67. The van der Waals surface area contributed by atoms with E-state index >= 15 is 0 Å². The monoisotopic (exact) mass is 273 g/mol. The molecule has 0 aliphatic rings. The number of unbranched alkanes of at least 4 members (excludes halogenated alkanes) is 1. The smallest absolute Gasteiger partial charge is 0.340 e. The van der Waals surface area contributed by atoms with Crippen molar-refractivity contribution in [2.24, 2.45) is 0 Å². The van der Waals surface area contributed by atoms with Crippen LogP contribution in [0.5, 0.6) is 0 Å². The maximum absolute atomic E-state index is 12.1. The second-order valence-corrected chi connectivity index (χ2v) is 4.04. The lowest BCUT2D eigenvalue weighted by Gasteiger charge is -2.12. The van der Waals surface area contributed by atoms with Crippen molar-refractivity contribution in [3.63, 3.8) is 0 Å². The van der Waals surface area contributed by atoms with Crippen LogP contribution in [-0.2, 0) is 29.5 Å². The molecule has 1 aromatic heterocycles. The molecule has 0 aliphatic carbocycles. The lowest BCUT2D eigenvalue weighted by Crippen LogP contribution is -2.54. The lowest BCUT2D eigenvalue weighted by molar-refractivity contribution is 0.0964. The van der Waals surface area contributed by atoms with Crippen LogP contribution in [0.2, 0.25) is 0 Å². The second-order valence-electron chi connectivity index (χ2n) is 4.04. The molecule has 0 N–H and O–H groups in total. The Morgan fingerprint density at radius 3 is 1.63 bits per heavy atom. The zero-order valence-corrected chi connectivity index (χ0v) is 11.4. The molecule has 8 nitrogen and oxygen atoms in total. The van der Waals surface area contributed by atoms with Crippen LogP contribution in [0.4, 0.5) is 0 Å². The van der Waals surface area contributed by atoms with Gasteiger partial charge in [-0.1, -0.05) is 13.3 Å². The summed E-state index contributed by atoms with van der Waals surface area (Å²) in [5, 5.41) is 0. The molecule has 0 unspecified atom stereocenters. The summed E-state index contributed by atoms with van der Waals surface area (Å²) in [5.41, 5.74) is -2.04. The van der Waals surface area contributed by atoms with Gasteiger partial charge in [0.1, 0.15) is 13.5 Å². The molecule has 1 heterocycles. The number of methoxy groups -OCH3 is 2. The van der Waals surface area contributed by atoms with Gasteiger partial charge in [-0.25, -0.2) is 28.1 Å². The molecule has 1 aromatic rings. The van der Waals surface area contributed by atoms with E-state index in [0.717, 1.165) is 20.1 Å². The fraction of sp³-hybridized carbons (Fsp3) is 0.727. The Morgan fingerprint density at radius 2 is 1.26 bits per heavy atom. The summed E-state index contributed by atoms with van der Waals surface area (Å²) < 4.78 is 12.4. The summed E-state index contributed by atoms with van der Waals surface area (Å²) in [6.45, 7) is 1.81. The van der Waals surface area contributed by atoms with E-state index in [9.17, 15) is 14.4 Å². The third kappa shape index (κ3) is 3.21. The quantitative estimate of drug-likeness (QED) is 0.648. The number of nitrogens with zero attached hydrogens (tertiary/aromatic N) is 3. The fourth-order valence-electron chi connectivity index (χ4n) is 1.67. The average Bonchev–Trinajstić information content (AvgIpc) is 2.40. The molecule has 0 fully saturated rings. The van der Waals surface area contributed by atoms with Crippen molar-refractivity contribution in [1.29, 1.82) is 0 Å². The summed E-state index contributed by atoms with van der Waals surface area (Å²) in [6.07, 6.45) is 1.51. The van der Waals surface area contributed by atoms with Gasteiger partial charge in [-0.15, -0.1) is 0 Å². The van der Waals surface area contributed by atoms with E-state index in [0.29, 0.717) is 6.42 Å². The number of hydrogen-bond acceptors (Lipinski definition) is 5. The highest BCUT2D eigenvalue weighted by molar-refractivity contribution is 4.77. The van der Waals surface area contributed by atoms with Gasteiger partial charge in [-0.3, -0.25) is 0 Å². The first kappa shape index (κ1) is 15.4. The normalized spacial score (nSPS) is 10.9. The van der Waals surface area contributed by atoms with Crippen LogP contribution in [0.15, 0.2) is 14.4 Å². The summed E-state index contributed by atoms with van der Waals surface area (Å²) in [6, 6.07) is 0. The van der Waals surface area contributed by atoms with E-state index in [1.807, 2.05) is 6.92 Å². The van der Waals surface area contributed by atoms with Crippen LogP contribution in [0.25, 0.3) is 0 Å². The number of ether oxygens (including phenoxy) is 2. The summed E-state index contributed by atoms with van der Waals surface area (Å²) in [5.74, 6) is 0. The van der Waals surface area contributed by atoms with Crippen LogP contribution in [-0.4, -0.2) is 27.9 Å². The molecule has 108 valence electrons. The summed E-state index contributed by atoms with van der Waals surface area (Å²) in [7, 11) is 2.74. The van der Waals surface area contributed by atoms with Crippen LogP contribution in [0.1, 0.15) is 19.8 Å². The number of aromatic nitrogens is 3. The van der Waals surface area contributed by atoms with Gasteiger partial charge in [0.25, 0.3) is 0 Å². The van der Waals surface area contributed by atoms with E-state index in [1.165, 1.54) is 14.2 Å². The standard InChI is InChI=1S/C11H19N3O5/c1-4-5-6-12-9(15)13(7-18-2)11(17)14(8-19-3)10(12)16/h4-8H2,1-3H3. The Balaban J connectivity index is 3.50. The zero-order chi connectivity index (χ0) is 14.4. The molecular formula is C11H19N3O5. The number of hydrogen-bond donors (Lipinski definition) is 0. The minimum Gasteiger partial charge on any atom is -0.364 e. The van der Waals surface area contributed by atoms with Crippen LogP contribution < -0.4 is 17.1 Å². The molecule has 0 amide bonds. The van der Waals surface area contributed by atoms with Gasteiger partial charge in [-0.05, 0) is 6.42 Å². The summed E-state index contributed by atoms with van der Waals surface area (Å²) >= 11 is 0. The predicted octanol–water partition coefficient (Wildman–Crippen LogP) is -0.820. The fourth-order valence-corrected chi connectivity index (χ4v) is 1.67. The Kier molecular flexibility index (Phi) is 5.71. The maximum Gasteiger partial charge on any atom is 0.340 e. The van der Waals surface area contributed by atoms with Crippen LogP contribution in [0, 0.1) is 0 Å². The first-order valence-corrected chi connectivity index (χ1v) is 6.00. The van der Waals surface area contributed by atoms with E-state index in [-0.39, 0.29) is 20.0 Å². The molecule has 0 atom stereocenters. The van der Waals surface area contributed by atoms with Crippen molar-refractivity contribution in [3.8, 4) is 0 Å². The minimum absolute atomic E-state index is 0.201. The molecular weight excluding hydrogens is 254 g/mol. The van der Waals surface area contributed by atoms with Gasteiger partial charge in [0, 0.05) is 20.8 Å². The van der Waals surface area contributed by atoms with Crippen molar-refractivity contribution in [2.45, 2.75) is 39.8 Å². The van der Waals surface area contributed by atoms with E-state index in [2.05, 4.69) is 0 Å². The van der Waals surface area contributed by atoms with E-state index in [1.54, 1.807) is 0 Å². The Labute approximate surface area is 109 Å². The van der Waals surface area contributed by atoms with E-state index in [4.69, 9.17) is 9.47 Å². The topological polar surface area (TPSA) is 84.5 Å². The average molecular weight is 273 g/mol. The SMILES string of the molecule is CCCCn1c(=O)n(COC)c(=O)n(COC)c1=O. The number of rotatable bonds is 7. The molecule has 0 radical (unpaired) electrons. The molecule has 0 saturated heterocycles. The summed E-state index contributed by atoms with van der Waals surface area (Å²) in [4.78, 5) is 36.1. The van der Waals surface area contributed by atoms with Crippen molar-refractivity contribution in [2.75, 3.05) is 14.2 Å². The van der Waals surface area contributed by atoms with Crippen molar-refractivity contribution < 1.29 is 9.47 Å². The van der Waals surface area contributed by atoms with Crippen molar-refractivity contribution in [3.05, 3.63) is 31.5 Å². The largest absolute Gasteiger partial charge is 0.364 e. The molecule has 0 aromatic carbocycles. The highest BCUT2D eigenvalue weighted by Gasteiger charge is 2.14. The van der Waals surface area contributed by atoms with Crippen LogP contribution in [0.3, 0.4) is 0 Å². The third-order valence-corrected chi connectivity index (χ3v) is 2.64. The van der Waals surface area contributed by atoms with Crippen molar-refractivity contribution in [1.82, 2.24) is 13.7 Å². The highest BCUT2D eigenvalue weighted by atomic mass is 16.5. The van der Waals surface area contributed by atoms with Gasteiger partial charge < -0.3 is 9.47 Å². The molecule has 0 bridgehead atoms. The van der Waals surface area contributed by atoms with Gasteiger partial charge in [0.15, 0.2) is 0 Å². The lowest BCUT2D eigenvalue weighted by atomic mass is 10.3. The third-order valence-electron chi connectivity index (χ3n) is 2.64. The maximum atomic E-state index is 12.1. The molecule has 0 saturated carbocycles. The van der Waals surface area contributed by atoms with Crippen molar-refractivity contribution >= 4 is 0 Å². The Morgan fingerprint density at radius 1 is 0.842 bits per heavy atom. The van der Waals surface area contributed by atoms with Gasteiger partial charge in [0.05, 0.1) is 0 Å². The second kappa shape index (κ2) is 7.05. The van der Waals surface area contributed by atoms with Gasteiger partial charge in [-0.2, -0.15) is 0 Å². The Bertz CT molecular complexity index is 539. The first-order valence-electron chi connectivity index (χ1n) is 6.00. The zero-order valence-electron chi connectivity index (χ0n) is 11.4. The molecule has 19 heavy (non-hydrogen) atoms. The van der Waals surface area contributed by atoms with Gasteiger partial charge >= 0.3 is 17.1 Å². The molecule has 0 aliphatic heterocycles. The molecule has 8 heteroatoms. The van der Waals surface area contributed by atoms with Crippen LogP contribution >= 0.6 is 0 Å². The van der Waals surface area contributed by atoms with Gasteiger partial charge in [0.2, 0.25) is 0 Å². The highest BCUT2D eigenvalue weighted by Crippen LogP contribution is 1.88. The molecule has 0 spiro atoms. The first-order chi connectivity index (χ1) is 9.08. The minimum atomic E-state index is -0.730. The van der Waals surface area contributed by atoms with E-state index < -0.39 is 17.1 Å².